The number of nitrogens with one attached hydrogen (secondary N) is 1. The van der Waals surface area contributed by atoms with Gasteiger partial charge in [-0.3, -0.25) is 0 Å². The number of thioether (sulfide) groups is 1. The van der Waals surface area contributed by atoms with E-state index in [9.17, 15) is 0 Å². The SMILES string of the molecule is CCCNCc1cc(C)ccc1SCC. The molecule has 0 heterocycles. The second kappa shape index (κ2) is 6.91. The van der Waals surface area contributed by atoms with Crippen molar-refractivity contribution in [3.05, 3.63) is 29.3 Å². The van der Waals surface area contributed by atoms with Gasteiger partial charge in [-0.05, 0) is 37.3 Å². The van der Waals surface area contributed by atoms with Crippen molar-refractivity contribution in [1.29, 1.82) is 0 Å². The highest BCUT2D eigenvalue weighted by Crippen LogP contribution is 2.23. The average molecular weight is 223 g/mol. The molecule has 1 aromatic rings. The molecule has 0 radical (unpaired) electrons. The van der Waals surface area contributed by atoms with E-state index in [0.29, 0.717) is 0 Å². The van der Waals surface area contributed by atoms with Crippen LogP contribution in [0.5, 0.6) is 0 Å². The van der Waals surface area contributed by atoms with Gasteiger partial charge in [0.1, 0.15) is 0 Å². The molecule has 2 heteroatoms. The highest BCUT2D eigenvalue weighted by Gasteiger charge is 2.01. The first-order valence-corrected chi connectivity index (χ1v) is 6.69. The lowest BCUT2D eigenvalue weighted by Gasteiger charge is -2.10. The molecule has 15 heavy (non-hydrogen) atoms. The third-order valence-corrected chi connectivity index (χ3v) is 3.26. The maximum absolute atomic E-state index is 3.46. The van der Waals surface area contributed by atoms with E-state index in [0.717, 1.165) is 18.8 Å². The summed E-state index contributed by atoms with van der Waals surface area (Å²) in [6.07, 6.45) is 1.20. The Labute approximate surface area is 97.7 Å². The lowest BCUT2D eigenvalue weighted by atomic mass is 10.1. The maximum Gasteiger partial charge on any atom is 0.0216 e. The number of hydrogen-bond donors (Lipinski definition) is 1. The zero-order chi connectivity index (χ0) is 11.1. The fourth-order valence-electron chi connectivity index (χ4n) is 1.54. The van der Waals surface area contributed by atoms with Crippen molar-refractivity contribution in [2.75, 3.05) is 12.3 Å². The van der Waals surface area contributed by atoms with E-state index in [4.69, 9.17) is 0 Å². The van der Waals surface area contributed by atoms with Crippen molar-refractivity contribution in [1.82, 2.24) is 5.32 Å². The normalized spacial score (nSPS) is 10.6. The van der Waals surface area contributed by atoms with Gasteiger partial charge in [0.05, 0.1) is 0 Å². The number of aryl methyl sites for hydroxylation is 1. The van der Waals surface area contributed by atoms with Gasteiger partial charge in [-0.2, -0.15) is 0 Å². The monoisotopic (exact) mass is 223 g/mol. The van der Waals surface area contributed by atoms with Crippen LogP contribution in [0.25, 0.3) is 0 Å². The molecular weight excluding hydrogens is 202 g/mol. The van der Waals surface area contributed by atoms with Gasteiger partial charge in [0.2, 0.25) is 0 Å². The van der Waals surface area contributed by atoms with Gasteiger partial charge in [-0.15, -0.1) is 11.8 Å². The predicted octanol–water partition coefficient (Wildman–Crippen LogP) is 3.61. The first-order chi connectivity index (χ1) is 7.27. The van der Waals surface area contributed by atoms with Crippen LogP contribution >= 0.6 is 11.8 Å². The zero-order valence-corrected chi connectivity index (χ0v) is 10.8. The van der Waals surface area contributed by atoms with Crippen LogP contribution < -0.4 is 5.32 Å². The van der Waals surface area contributed by atoms with E-state index in [-0.39, 0.29) is 0 Å². The lowest BCUT2D eigenvalue weighted by molar-refractivity contribution is 0.669. The standard InChI is InChI=1S/C13H21NS/c1-4-8-14-10-12-9-11(3)6-7-13(12)15-5-2/h6-7,9,14H,4-5,8,10H2,1-3H3. The highest BCUT2D eigenvalue weighted by molar-refractivity contribution is 7.99. The largest absolute Gasteiger partial charge is 0.313 e. The number of benzene rings is 1. The molecule has 1 rings (SSSR count). The third kappa shape index (κ3) is 4.27. The molecular formula is C13H21NS. The van der Waals surface area contributed by atoms with Gasteiger partial charge >= 0.3 is 0 Å². The first-order valence-electron chi connectivity index (χ1n) is 5.71. The van der Waals surface area contributed by atoms with Crippen molar-refractivity contribution in [2.45, 2.75) is 38.6 Å². The van der Waals surface area contributed by atoms with E-state index >= 15 is 0 Å². The molecule has 0 unspecified atom stereocenters. The van der Waals surface area contributed by atoms with E-state index in [1.165, 1.54) is 22.4 Å². The average Bonchev–Trinajstić information content (AvgIpc) is 2.22. The molecule has 0 spiro atoms. The van der Waals surface area contributed by atoms with Crippen LogP contribution in [0.2, 0.25) is 0 Å². The summed E-state index contributed by atoms with van der Waals surface area (Å²) in [7, 11) is 0. The van der Waals surface area contributed by atoms with Crippen molar-refractivity contribution in [3.63, 3.8) is 0 Å². The second-order valence-corrected chi connectivity index (χ2v) is 5.03. The van der Waals surface area contributed by atoms with Crippen LogP contribution in [0, 0.1) is 6.92 Å². The van der Waals surface area contributed by atoms with Gasteiger partial charge < -0.3 is 5.32 Å². The smallest absolute Gasteiger partial charge is 0.0216 e. The lowest BCUT2D eigenvalue weighted by Crippen LogP contribution is -2.14. The maximum atomic E-state index is 3.46. The Morgan fingerprint density at radius 3 is 2.73 bits per heavy atom. The summed E-state index contributed by atoms with van der Waals surface area (Å²) in [5.74, 6) is 1.14. The minimum atomic E-state index is 0.998. The van der Waals surface area contributed by atoms with Crippen LogP contribution in [0.3, 0.4) is 0 Å². The number of hydrogen-bond acceptors (Lipinski definition) is 2. The van der Waals surface area contributed by atoms with Gasteiger partial charge in [-0.1, -0.05) is 31.5 Å². The van der Waals surface area contributed by atoms with Crippen molar-refractivity contribution in [3.8, 4) is 0 Å². The molecule has 0 aliphatic rings. The minimum absolute atomic E-state index is 0.998. The summed E-state index contributed by atoms with van der Waals surface area (Å²) in [4.78, 5) is 1.42. The molecule has 0 saturated carbocycles. The van der Waals surface area contributed by atoms with E-state index in [2.05, 4.69) is 44.3 Å². The number of rotatable bonds is 6. The van der Waals surface area contributed by atoms with Gasteiger partial charge in [0.25, 0.3) is 0 Å². The summed E-state index contributed by atoms with van der Waals surface area (Å²) in [6.45, 7) is 8.66. The Morgan fingerprint density at radius 2 is 2.07 bits per heavy atom. The van der Waals surface area contributed by atoms with Crippen LogP contribution in [-0.4, -0.2) is 12.3 Å². The Balaban J connectivity index is 2.68. The third-order valence-electron chi connectivity index (χ3n) is 2.26. The molecule has 0 aliphatic carbocycles. The molecule has 0 amide bonds. The van der Waals surface area contributed by atoms with Crippen LogP contribution in [-0.2, 0) is 6.54 Å². The van der Waals surface area contributed by atoms with Gasteiger partial charge in [0.15, 0.2) is 0 Å². The van der Waals surface area contributed by atoms with Gasteiger partial charge in [-0.25, -0.2) is 0 Å². The Morgan fingerprint density at radius 1 is 1.27 bits per heavy atom. The quantitative estimate of drug-likeness (QED) is 0.584. The Bertz CT molecular complexity index is 297. The fraction of sp³-hybridized carbons (Fsp3) is 0.538. The fourth-order valence-corrected chi connectivity index (χ4v) is 2.33. The van der Waals surface area contributed by atoms with Gasteiger partial charge in [0, 0.05) is 11.4 Å². The van der Waals surface area contributed by atoms with Crippen LogP contribution in [0.1, 0.15) is 31.4 Å². The molecule has 0 atom stereocenters. The molecule has 0 aromatic heterocycles. The summed E-state index contributed by atoms with van der Waals surface area (Å²) in [5.41, 5.74) is 2.79. The first kappa shape index (κ1) is 12.6. The van der Waals surface area contributed by atoms with Crippen LogP contribution in [0.15, 0.2) is 23.1 Å². The van der Waals surface area contributed by atoms with Crippen molar-refractivity contribution >= 4 is 11.8 Å². The molecule has 0 saturated heterocycles. The molecule has 0 fully saturated rings. The molecule has 84 valence electrons. The molecule has 0 aliphatic heterocycles. The summed E-state index contributed by atoms with van der Waals surface area (Å²) >= 11 is 1.93. The second-order valence-electron chi connectivity index (χ2n) is 3.72. The minimum Gasteiger partial charge on any atom is -0.313 e. The summed E-state index contributed by atoms with van der Waals surface area (Å²) in [5, 5.41) is 3.46. The highest BCUT2D eigenvalue weighted by atomic mass is 32.2. The summed E-state index contributed by atoms with van der Waals surface area (Å²) in [6, 6.07) is 6.73. The van der Waals surface area contributed by atoms with Crippen molar-refractivity contribution in [2.24, 2.45) is 0 Å². The van der Waals surface area contributed by atoms with E-state index < -0.39 is 0 Å². The topological polar surface area (TPSA) is 12.0 Å². The molecule has 0 bridgehead atoms. The Hall–Kier alpha value is -0.470. The molecule has 1 nitrogen and oxygen atoms in total. The zero-order valence-electron chi connectivity index (χ0n) is 9.97. The van der Waals surface area contributed by atoms with E-state index in [1.54, 1.807) is 0 Å². The van der Waals surface area contributed by atoms with Crippen LogP contribution in [0.4, 0.5) is 0 Å². The molecule has 1 aromatic carbocycles. The Kier molecular flexibility index (Phi) is 5.81. The predicted molar refractivity (Wildman–Crippen MR) is 69.6 cm³/mol. The summed E-state index contributed by atoms with van der Waals surface area (Å²) < 4.78 is 0. The van der Waals surface area contributed by atoms with Crippen molar-refractivity contribution < 1.29 is 0 Å². The molecule has 1 N–H and O–H groups in total. The van der Waals surface area contributed by atoms with E-state index in [1.807, 2.05) is 11.8 Å².